The van der Waals surface area contributed by atoms with Gasteiger partial charge in [0.15, 0.2) is 0 Å². The van der Waals surface area contributed by atoms with Crippen molar-refractivity contribution in [3.05, 3.63) is 73.7 Å². The van der Waals surface area contributed by atoms with Crippen LogP contribution in [0.4, 0.5) is 10.2 Å². The predicted octanol–water partition coefficient (Wildman–Crippen LogP) is 1.96. The number of aromatic nitrogens is 2. The third-order valence-corrected chi connectivity index (χ3v) is 5.24. The normalized spacial score (nSPS) is 16.2. The highest BCUT2D eigenvalue weighted by molar-refractivity contribution is 5.41. The van der Waals surface area contributed by atoms with Crippen molar-refractivity contribution >= 4 is 5.82 Å². The fraction of sp³-hybridized carbons (Fsp3) is 0.409. The molecule has 1 aromatic carbocycles. The topological polar surface area (TPSA) is 97.0 Å². The van der Waals surface area contributed by atoms with Gasteiger partial charge in [0.05, 0.1) is 18.2 Å². The summed E-state index contributed by atoms with van der Waals surface area (Å²) in [6.07, 6.45) is 3.70. The molecule has 8 heteroatoms. The smallest absolute Gasteiger partial charge is 0.333 e. The van der Waals surface area contributed by atoms with Crippen molar-refractivity contribution in [3.63, 3.8) is 0 Å². The highest BCUT2D eigenvalue weighted by atomic mass is 19.1. The van der Waals surface area contributed by atoms with E-state index in [0.29, 0.717) is 31.0 Å². The monoisotopic (exact) mass is 411 g/mol. The minimum atomic E-state index is -0.527. The number of hydrogen-bond acceptors (Lipinski definition) is 5. The summed E-state index contributed by atoms with van der Waals surface area (Å²) in [6, 6.07) is 7.11. The summed E-state index contributed by atoms with van der Waals surface area (Å²) >= 11 is 0. The fourth-order valence-corrected chi connectivity index (χ4v) is 3.65. The van der Waals surface area contributed by atoms with Gasteiger partial charge in [-0.3, -0.25) is 13.9 Å². The van der Waals surface area contributed by atoms with Gasteiger partial charge in [0.2, 0.25) is 0 Å². The van der Waals surface area contributed by atoms with Crippen LogP contribution in [0.1, 0.15) is 37.8 Å². The molecule has 2 N–H and O–H groups in total. The molecule has 0 aliphatic carbocycles. The van der Waals surface area contributed by atoms with Gasteiger partial charge < -0.3 is 10.6 Å². The molecule has 0 bridgehead atoms. The lowest BCUT2D eigenvalue weighted by Crippen LogP contribution is -2.48. The number of anilines is 1. The largest absolute Gasteiger partial charge is 0.356 e. The van der Waals surface area contributed by atoms with Gasteiger partial charge in [0.1, 0.15) is 11.6 Å². The number of hydrogen-bond donors (Lipinski definition) is 1. The first kappa shape index (κ1) is 21.5. The van der Waals surface area contributed by atoms with Gasteiger partial charge in [-0.15, -0.1) is 0 Å². The molecule has 1 saturated heterocycles. The predicted molar refractivity (Wildman–Crippen MR) is 114 cm³/mol. The van der Waals surface area contributed by atoms with E-state index in [1.807, 2.05) is 30.9 Å². The third-order valence-electron chi connectivity index (χ3n) is 5.24. The second-order valence-corrected chi connectivity index (χ2v) is 7.86. The zero-order valence-electron chi connectivity index (χ0n) is 17.3. The summed E-state index contributed by atoms with van der Waals surface area (Å²) in [5, 5.41) is 9.30. The number of nitriles is 1. The molecular formula is C22H26FN5O2. The van der Waals surface area contributed by atoms with Crippen LogP contribution in [0.5, 0.6) is 0 Å². The number of piperidine rings is 1. The van der Waals surface area contributed by atoms with Crippen LogP contribution < -0.4 is 21.9 Å². The quantitative estimate of drug-likeness (QED) is 0.759. The molecule has 1 aliphatic rings. The molecule has 1 aromatic heterocycles. The van der Waals surface area contributed by atoms with Crippen LogP contribution in [-0.2, 0) is 13.1 Å². The molecule has 7 nitrogen and oxygen atoms in total. The summed E-state index contributed by atoms with van der Waals surface area (Å²) in [7, 11) is 0. The van der Waals surface area contributed by atoms with Crippen LogP contribution in [0.25, 0.3) is 0 Å². The van der Waals surface area contributed by atoms with Crippen LogP contribution in [0.3, 0.4) is 0 Å². The summed E-state index contributed by atoms with van der Waals surface area (Å²) in [5.41, 5.74) is 6.67. The Balaban J connectivity index is 2.12. The van der Waals surface area contributed by atoms with Crippen molar-refractivity contribution in [2.24, 2.45) is 5.73 Å². The third kappa shape index (κ3) is 4.69. The van der Waals surface area contributed by atoms with Gasteiger partial charge in [-0.1, -0.05) is 11.6 Å². The van der Waals surface area contributed by atoms with Crippen LogP contribution >= 0.6 is 0 Å². The van der Waals surface area contributed by atoms with E-state index in [0.717, 1.165) is 23.0 Å². The lowest BCUT2D eigenvalue weighted by atomic mass is 10.1. The van der Waals surface area contributed by atoms with Gasteiger partial charge in [-0.2, -0.15) is 5.26 Å². The van der Waals surface area contributed by atoms with E-state index in [2.05, 4.69) is 0 Å². The molecule has 158 valence electrons. The first-order valence-corrected chi connectivity index (χ1v) is 9.97. The lowest BCUT2D eigenvalue weighted by molar-refractivity contribution is 0.490. The van der Waals surface area contributed by atoms with Crippen LogP contribution in [0, 0.1) is 17.1 Å². The Morgan fingerprint density at radius 1 is 1.30 bits per heavy atom. The van der Waals surface area contributed by atoms with E-state index in [9.17, 15) is 19.2 Å². The summed E-state index contributed by atoms with van der Waals surface area (Å²) < 4.78 is 16.3. The van der Waals surface area contributed by atoms with E-state index < -0.39 is 17.1 Å². The van der Waals surface area contributed by atoms with E-state index in [-0.39, 0.29) is 18.2 Å². The average molecular weight is 411 g/mol. The number of nitrogens with two attached hydrogens (primary N) is 1. The Labute approximate surface area is 174 Å². The lowest BCUT2D eigenvalue weighted by Gasteiger charge is -2.34. The molecule has 2 heterocycles. The maximum atomic E-state index is 13.7. The molecule has 0 spiro atoms. The molecule has 30 heavy (non-hydrogen) atoms. The summed E-state index contributed by atoms with van der Waals surface area (Å²) in [5.74, 6) is 0.00879. The Morgan fingerprint density at radius 3 is 2.73 bits per heavy atom. The first-order valence-electron chi connectivity index (χ1n) is 9.97. The van der Waals surface area contributed by atoms with Crippen molar-refractivity contribution in [2.75, 3.05) is 18.0 Å². The highest BCUT2D eigenvalue weighted by Crippen LogP contribution is 2.18. The zero-order chi connectivity index (χ0) is 21.8. The molecule has 1 aliphatic heterocycles. The van der Waals surface area contributed by atoms with Gasteiger partial charge in [-0.25, -0.2) is 9.18 Å². The Kier molecular flexibility index (Phi) is 6.53. The number of halogens is 1. The summed E-state index contributed by atoms with van der Waals surface area (Å²) in [6.45, 7) is 5.28. The standard InChI is InChI=1S/C22H26FN5O2/c1-15(2)7-9-27-20(26-8-3-4-19(25)14-26)11-21(29)28(22(27)30)13-17-10-18(23)6-5-16(17)12-24/h5-7,10-11,19H,3-4,8-9,13-14,25H2,1-2H3/t19-/m1/s1. The van der Waals surface area contributed by atoms with Gasteiger partial charge in [0, 0.05) is 31.7 Å². The van der Waals surface area contributed by atoms with Crippen LogP contribution in [-0.4, -0.2) is 28.3 Å². The van der Waals surface area contributed by atoms with Crippen LogP contribution in [0.15, 0.2) is 45.5 Å². The Bertz CT molecular complexity index is 1120. The van der Waals surface area contributed by atoms with Crippen molar-refractivity contribution in [1.29, 1.82) is 5.26 Å². The first-order chi connectivity index (χ1) is 14.3. The fourth-order valence-electron chi connectivity index (χ4n) is 3.65. The molecule has 1 atom stereocenters. The number of benzene rings is 1. The van der Waals surface area contributed by atoms with E-state index in [4.69, 9.17) is 5.73 Å². The number of nitrogens with zero attached hydrogens (tertiary/aromatic N) is 4. The average Bonchev–Trinajstić information content (AvgIpc) is 2.70. The molecule has 1 fully saturated rings. The molecule has 3 rings (SSSR count). The van der Waals surface area contributed by atoms with Gasteiger partial charge in [-0.05, 0) is 50.5 Å². The van der Waals surface area contributed by atoms with Crippen molar-refractivity contribution < 1.29 is 4.39 Å². The van der Waals surface area contributed by atoms with Crippen molar-refractivity contribution in [2.45, 2.75) is 45.8 Å². The highest BCUT2D eigenvalue weighted by Gasteiger charge is 2.22. The SMILES string of the molecule is CC(C)=CCn1c(N2CCC[C@@H](N)C2)cc(=O)n(Cc2cc(F)ccc2C#N)c1=O. The summed E-state index contributed by atoms with van der Waals surface area (Å²) in [4.78, 5) is 28.1. The maximum absolute atomic E-state index is 13.7. The number of allylic oxidation sites excluding steroid dienone is 2. The molecule has 0 unspecified atom stereocenters. The van der Waals surface area contributed by atoms with Crippen molar-refractivity contribution in [1.82, 2.24) is 9.13 Å². The number of rotatable bonds is 5. The van der Waals surface area contributed by atoms with E-state index >= 15 is 0 Å². The molecule has 0 radical (unpaired) electrons. The van der Waals surface area contributed by atoms with E-state index in [1.165, 1.54) is 28.8 Å². The maximum Gasteiger partial charge on any atom is 0.333 e. The van der Waals surface area contributed by atoms with Gasteiger partial charge >= 0.3 is 5.69 Å². The molecule has 0 amide bonds. The second-order valence-electron chi connectivity index (χ2n) is 7.86. The minimum Gasteiger partial charge on any atom is -0.356 e. The van der Waals surface area contributed by atoms with Crippen LogP contribution in [0.2, 0.25) is 0 Å². The minimum absolute atomic E-state index is 0.0151. The Hall–Kier alpha value is -3.18. The molecule has 0 saturated carbocycles. The second kappa shape index (κ2) is 9.09. The van der Waals surface area contributed by atoms with E-state index in [1.54, 1.807) is 0 Å². The zero-order valence-corrected chi connectivity index (χ0v) is 17.3. The Morgan fingerprint density at radius 2 is 2.07 bits per heavy atom. The van der Waals surface area contributed by atoms with Crippen molar-refractivity contribution in [3.8, 4) is 6.07 Å². The molecule has 2 aromatic rings. The van der Waals surface area contributed by atoms with Gasteiger partial charge in [0.25, 0.3) is 5.56 Å². The molecular weight excluding hydrogens is 385 g/mol.